The van der Waals surface area contributed by atoms with Crippen LogP contribution in [0.25, 0.3) is 6.08 Å². The molecule has 1 aromatic rings. The number of carboxylic acid groups (broad SMARTS) is 1. The predicted octanol–water partition coefficient (Wildman–Crippen LogP) is 3.88. The third-order valence-electron chi connectivity index (χ3n) is 1.79. The van der Waals surface area contributed by atoms with Gasteiger partial charge < -0.3 is 9.84 Å². The Balaban J connectivity index is 3.05. The molecule has 5 heteroatoms. The molecular formula is C12H12Cl2O3. The number of hydrogen-bond acceptors (Lipinski definition) is 2. The molecule has 3 nitrogen and oxygen atoms in total. The summed E-state index contributed by atoms with van der Waals surface area (Å²) in [4.78, 5) is 10.4. The van der Waals surface area contributed by atoms with Crippen LogP contribution in [-0.4, -0.2) is 17.2 Å². The normalized spacial score (nSPS) is 11.1. The summed E-state index contributed by atoms with van der Waals surface area (Å²) in [5.41, 5.74) is 0.610. The highest BCUT2D eigenvalue weighted by Gasteiger charge is 2.10. The average Bonchev–Trinajstić information content (AvgIpc) is 2.20. The van der Waals surface area contributed by atoms with Crippen molar-refractivity contribution >= 4 is 35.2 Å². The Morgan fingerprint density at radius 3 is 2.29 bits per heavy atom. The minimum absolute atomic E-state index is 0.0367. The molecule has 1 rings (SSSR count). The molecule has 1 aromatic carbocycles. The number of aliphatic carboxylic acids is 1. The smallest absolute Gasteiger partial charge is 0.328 e. The number of hydrogen-bond donors (Lipinski definition) is 1. The summed E-state index contributed by atoms with van der Waals surface area (Å²) in [6.45, 7) is 3.73. The lowest BCUT2D eigenvalue weighted by atomic mass is 10.2. The Bertz CT molecular complexity index is 430. The molecule has 0 bridgehead atoms. The first kappa shape index (κ1) is 13.9. The Morgan fingerprint density at radius 1 is 1.35 bits per heavy atom. The van der Waals surface area contributed by atoms with Crippen LogP contribution in [-0.2, 0) is 4.79 Å². The molecular weight excluding hydrogens is 263 g/mol. The van der Waals surface area contributed by atoms with E-state index in [1.165, 1.54) is 6.08 Å². The quantitative estimate of drug-likeness (QED) is 0.848. The van der Waals surface area contributed by atoms with E-state index in [0.717, 1.165) is 6.08 Å². The third kappa shape index (κ3) is 4.29. The van der Waals surface area contributed by atoms with Crippen LogP contribution in [0.3, 0.4) is 0 Å². The second kappa shape index (κ2) is 5.94. The van der Waals surface area contributed by atoms with Gasteiger partial charge in [-0.1, -0.05) is 23.2 Å². The number of carboxylic acids is 1. The van der Waals surface area contributed by atoms with Crippen molar-refractivity contribution in [1.82, 2.24) is 0 Å². The summed E-state index contributed by atoms with van der Waals surface area (Å²) in [5.74, 6) is -0.615. The van der Waals surface area contributed by atoms with Crippen LogP contribution in [0, 0.1) is 0 Å². The van der Waals surface area contributed by atoms with E-state index in [1.54, 1.807) is 12.1 Å². The van der Waals surface area contributed by atoms with Gasteiger partial charge in [0.05, 0.1) is 16.1 Å². The summed E-state index contributed by atoms with van der Waals surface area (Å²) in [5, 5.41) is 9.22. The zero-order valence-corrected chi connectivity index (χ0v) is 10.9. The maximum absolute atomic E-state index is 10.4. The molecule has 0 unspecified atom stereocenters. The van der Waals surface area contributed by atoms with Gasteiger partial charge >= 0.3 is 5.97 Å². The molecule has 0 spiro atoms. The zero-order chi connectivity index (χ0) is 13.0. The van der Waals surface area contributed by atoms with Gasteiger partial charge in [0.1, 0.15) is 0 Å². The fourth-order valence-corrected chi connectivity index (χ4v) is 1.78. The van der Waals surface area contributed by atoms with Crippen molar-refractivity contribution in [3.8, 4) is 5.75 Å². The summed E-state index contributed by atoms with van der Waals surface area (Å²) >= 11 is 12.0. The molecule has 0 aromatic heterocycles. The highest BCUT2D eigenvalue weighted by atomic mass is 35.5. The van der Waals surface area contributed by atoms with Gasteiger partial charge in [0, 0.05) is 6.08 Å². The number of rotatable bonds is 4. The fraction of sp³-hybridized carbons (Fsp3) is 0.250. The summed E-state index contributed by atoms with van der Waals surface area (Å²) in [7, 11) is 0. The molecule has 92 valence electrons. The van der Waals surface area contributed by atoms with Crippen molar-refractivity contribution < 1.29 is 14.6 Å². The number of halogens is 2. The molecule has 0 saturated heterocycles. The fourth-order valence-electron chi connectivity index (χ4n) is 1.19. The second-order valence-corrected chi connectivity index (χ2v) is 4.47. The topological polar surface area (TPSA) is 46.5 Å². The first-order valence-corrected chi connectivity index (χ1v) is 5.72. The van der Waals surface area contributed by atoms with E-state index in [-0.39, 0.29) is 6.10 Å². The molecule has 0 fully saturated rings. The monoisotopic (exact) mass is 274 g/mol. The zero-order valence-electron chi connectivity index (χ0n) is 9.41. The molecule has 0 saturated carbocycles. The van der Waals surface area contributed by atoms with Crippen LogP contribution >= 0.6 is 23.2 Å². The highest BCUT2D eigenvalue weighted by molar-refractivity contribution is 6.37. The van der Waals surface area contributed by atoms with Gasteiger partial charge in [-0.15, -0.1) is 0 Å². The molecule has 0 heterocycles. The number of carbonyl (C=O) groups is 1. The summed E-state index contributed by atoms with van der Waals surface area (Å²) in [6, 6.07) is 3.20. The maximum Gasteiger partial charge on any atom is 0.328 e. The third-order valence-corrected chi connectivity index (χ3v) is 2.35. The lowest BCUT2D eigenvalue weighted by molar-refractivity contribution is -0.131. The van der Waals surface area contributed by atoms with Crippen molar-refractivity contribution in [3.63, 3.8) is 0 Å². The Hall–Kier alpha value is -1.19. The number of benzene rings is 1. The average molecular weight is 275 g/mol. The van der Waals surface area contributed by atoms with E-state index >= 15 is 0 Å². The minimum atomic E-state index is -1.03. The van der Waals surface area contributed by atoms with Gasteiger partial charge in [-0.05, 0) is 37.6 Å². The van der Waals surface area contributed by atoms with Gasteiger partial charge in [0.15, 0.2) is 5.75 Å². The largest absolute Gasteiger partial charge is 0.488 e. The lowest BCUT2D eigenvalue weighted by Gasteiger charge is -2.13. The van der Waals surface area contributed by atoms with Crippen LogP contribution in [0.1, 0.15) is 19.4 Å². The van der Waals surface area contributed by atoms with E-state index in [9.17, 15) is 4.79 Å². The molecule has 17 heavy (non-hydrogen) atoms. The van der Waals surface area contributed by atoms with Crippen LogP contribution in [0.15, 0.2) is 18.2 Å². The maximum atomic E-state index is 10.4. The predicted molar refractivity (Wildman–Crippen MR) is 68.9 cm³/mol. The first-order chi connectivity index (χ1) is 7.90. The number of ether oxygens (including phenoxy) is 1. The van der Waals surface area contributed by atoms with Crippen molar-refractivity contribution in [1.29, 1.82) is 0 Å². The standard InChI is InChI=1S/C12H12Cl2O3/c1-7(2)17-12-9(13)5-8(6-10(12)14)3-4-11(15)16/h3-7H,1-2H3,(H,15,16). The highest BCUT2D eigenvalue weighted by Crippen LogP contribution is 2.35. The van der Waals surface area contributed by atoms with Crippen LogP contribution in [0.5, 0.6) is 5.75 Å². The van der Waals surface area contributed by atoms with Crippen molar-refractivity contribution in [2.45, 2.75) is 20.0 Å². The van der Waals surface area contributed by atoms with Gasteiger partial charge in [0.2, 0.25) is 0 Å². The molecule has 0 radical (unpaired) electrons. The molecule has 1 N–H and O–H groups in total. The van der Waals surface area contributed by atoms with Gasteiger partial charge in [-0.3, -0.25) is 0 Å². The van der Waals surface area contributed by atoms with Crippen molar-refractivity contribution in [2.75, 3.05) is 0 Å². The van der Waals surface area contributed by atoms with Crippen LogP contribution in [0.4, 0.5) is 0 Å². The van der Waals surface area contributed by atoms with Crippen LogP contribution < -0.4 is 4.74 Å². The van der Waals surface area contributed by atoms with Gasteiger partial charge in [-0.25, -0.2) is 4.79 Å². The first-order valence-electron chi connectivity index (χ1n) is 4.97. The van der Waals surface area contributed by atoms with E-state index in [0.29, 0.717) is 21.4 Å². The van der Waals surface area contributed by atoms with E-state index in [4.69, 9.17) is 33.0 Å². The Labute approximate surface area is 110 Å². The van der Waals surface area contributed by atoms with Gasteiger partial charge in [0.25, 0.3) is 0 Å². The molecule has 0 aliphatic carbocycles. The Kier molecular flexibility index (Phi) is 4.85. The molecule has 0 atom stereocenters. The second-order valence-electron chi connectivity index (χ2n) is 3.65. The van der Waals surface area contributed by atoms with Crippen molar-refractivity contribution in [2.24, 2.45) is 0 Å². The summed E-state index contributed by atoms with van der Waals surface area (Å²) in [6.07, 6.45) is 2.40. The SMILES string of the molecule is CC(C)Oc1c(Cl)cc(C=CC(=O)O)cc1Cl. The van der Waals surface area contributed by atoms with E-state index < -0.39 is 5.97 Å². The van der Waals surface area contributed by atoms with Gasteiger partial charge in [-0.2, -0.15) is 0 Å². The van der Waals surface area contributed by atoms with Crippen molar-refractivity contribution in [3.05, 3.63) is 33.8 Å². The Morgan fingerprint density at radius 2 is 1.88 bits per heavy atom. The summed E-state index contributed by atoms with van der Waals surface area (Å²) < 4.78 is 5.45. The van der Waals surface area contributed by atoms with Crippen LogP contribution in [0.2, 0.25) is 10.0 Å². The minimum Gasteiger partial charge on any atom is -0.488 e. The molecule has 0 aliphatic rings. The molecule has 0 amide bonds. The molecule has 0 aliphatic heterocycles. The van der Waals surface area contributed by atoms with E-state index in [2.05, 4.69) is 0 Å². The van der Waals surface area contributed by atoms with E-state index in [1.807, 2.05) is 13.8 Å². The lowest BCUT2D eigenvalue weighted by Crippen LogP contribution is -2.06.